The summed E-state index contributed by atoms with van der Waals surface area (Å²) in [6.07, 6.45) is 0. The van der Waals surface area contributed by atoms with Gasteiger partial charge in [0, 0.05) is 16.7 Å². The van der Waals surface area contributed by atoms with E-state index in [0.717, 1.165) is 16.3 Å². The molecule has 5 nitrogen and oxygen atoms in total. The van der Waals surface area contributed by atoms with Gasteiger partial charge >= 0.3 is 0 Å². The Hall–Kier alpha value is -3.02. The molecule has 0 saturated carbocycles. The first-order chi connectivity index (χ1) is 14.1. The summed E-state index contributed by atoms with van der Waals surface area (Å²) in [5.74, 6) is 0.738. The topological polar surface area (TPSA) is 64.4 Å². The van der Waals surface area contributed by atoms with Crippen molar-refractivity contribution in [3.63, 3.8) is 0 Å². The Morgan fingerprint density at radius 1 is 1.00 bits per heavy atom. The number of hydrogen-bond acceptors (Lipinski definition) is 4. The van der Waals surface area contributed by atoms with E-state index in [9.17, 15) is 4.79 Å². The lowest BCUT2D eigenvalue weighted by Gasteiger charge is -2.08. The zero-order chi connectivity index (χ0) is 20.2. The molecule has 0 aliphatic rings. The lowest BCUT2D eigenvalue weighted by atomic mass is 10.1. The number of aromatic nitrogens is 1. The van der Waals surface area contributed by atoms with Crippen molar-refractivity contribution in [2.24, 2.45) is 0 Å². The third-order valence-corrected chi connectivity index (χ3v) is 4.84. The number of hydrogen-bond donors (Lipinski definition) is 1. The van der Waals surface area contributed by atoms with Crippen molar-refractivity contribution in [2.75, 3.05) is 6.61 Å². The summed E-state index contributed by atoms with van der Waals surface area (Å²) in [5.41, 5.74) is 1.54. The van der Waals surface area contributed by atoms with Crippen molar-refractivity contribution in [2.45, 2.75) is 6.54 Å². The van der Waals surface area contributed by atoms with Crippen molar-refractivity contribution in [1.82, 2.24) is 10.5 Å². The van der Waals surface area contributed by atoms with Gasteiger partial charge in [0.25, 0.3) is 5.91 Å². The Kier molecular flexibility index (Phi) is 5.69. The molecule has 0 bridgehead atoms. The van der Waals surface area contributed by atoms with Gasteiger partial charge in [-0.05, 0) is 35.0 Å². The molecule has 1 aromatic heterocycles. The van der Waals surface area contributed by atoms with Crippen LogP contribution in [-0.4, -0.2) is 17.7 Å². The lowest BCUT2D eigenvalue weighted by molar-refractivity contribution is -0.123. The maximum absolute atomic E-state index is 12.0. The second-order valence-corrected chi connectivity index (χ2v) is 7.23. The van der Waals surface area contributed by atoms with Gasteiger partial charge in [0.1, 0.15) is 11.4 Å². The van der Waals surface area contributed by atoms with E-state index in [4.69, 9.17) is 32.5 Å². The van der Waals surface area contributed by atoms with E-state index < -0.39 is 0 Å². The van der Waals surface area contributed by atoms with E-state index in [1.807, 2.05) is 36.4 Å². The van der Waals surface area contributed by atoms with Crippen molar-refractivity contribution in [3.05, 3.63) is 82.5 Å². The fourth-order valence-corrected chi connectivity index (χ4v) is 3.31. The minimum Gasteiger partial charge on any atom is -0.482 e. The molecule has 7 heteroatoms. The molecule has 0 saturated heterocycles. The average molecular weight is 427 g/mol. The second-order valence-electron chi connectivity index (χ2n) is 6.38. The molecular weight excluding hydrogens is 411 g/mol. The monoisotopic (exact) mass is 426 g/mol. The van der Waals surface area contributed by atoms with Gasteiger partial charge in [0.2, 0.25) is 0 Å². The third-order valence-electron chi connectivity index (χ3n) is 4.31. The van der Waals surface area contributed by atoms with Gasteiger partial charge in [-0.3, -0.25) is 4.79 Å². The van der Waals surface area contributed by atoms with Crippen LogP contribution < -0.4 is 10.1 Å². The van der Waals surface area contributed by atoms with Crippen LogP contribution in [0.4, 0.5) is 0 Å². The molecule has 0 fully saturated rings. The predicted octanol–water partition coefficient (Wildman–Crippen LogP) is 5.50. The normalized spacial score (nSPS) is 10.8. The standard InChI is InChI=1S/C22H16Cl2N2O3/c23-17-7-8-20(19(24)10-17)28-13-22(27)25-12-18-11-21(29-26-18)16-6-5-14-3-1-2-4-15(14)9-16/h1-11H,12-13H2,(H,25,27). The number of amides is 1. The number of carbonyl (C=O) groups is 1. The Bertz CT molecular complexity index is 1170. The molecule has 29 heavy (non-hydrogen) atoms. The second kappa shape index (κ2) is 8.55. The van der Waals surface area contributed by atoms with Crippen LogP contribution in [0.3, 0.4) is 0 Å². The van der Waals surface area contributed by atoms with E-state index in [1.54, 1.807) is 24.3 Å². The summed E-state index contributed by atoms with van der Waals surface area (Å²) < 4.78 is 10.8. The molecular formula is C22H16Cl2N2O3. The summed E-state index contributed by atoms with van der Waals surface area (Å²) in [6, 6.07) is 20.8. The zero-order valence-electron chi connectivity index (χ0n) is 15.2. The summed E-state index contributed by atoms with van der Waals surface area (Å²) in [5, 5.41) is 9.88. The van der Waals surface area contributed by atoms with Crippen molar-refractivity contribution < 1.29 is 14.1 Å². The first-order valence-corrected chi connectivity index (χ1v) is 9.63. The fourth-order valence-electron chi connectivity index (χ4n) is 2.85. The molecule has 1 N–H and O–H groups in total. The Morgan fingerprint density at radius 2 is 1.83 bits per heavy atom. The summed E-state index contributed by atoms with van der Waals surface area (Å²) in [6.45, 7) is 0.0599. The molecule has 146 valence electrons. The molecule has 0 aliphatic heterocycles. The highest BCUT2D eigenvalue weighted by atomic mass is 35.5. The highest BCUT2D eigenvalue weighted by Crippen LogP contribution is 2.27. The van der Waals surface area contributed by atoms with Crippen LogP contribution >= 0.6 is 23.2 Å². The molecule has 1 amide bonds. The first kappa shape index (κ1) is 19.3. The van der Waals surface area contributed by atoms with E-state index in [2.05, 4.69) is 16.5 Å². The predicted molar refractivity (Wildman–Crippen MR) is 113 cm³/mol. The van der Waals surface area contributed by atoms with Crippen LogP contribution in [0.25, 0.3) is 22.1 Å². The number of fused-ring (bicyclic) bond motifs is 1. The number of nitrogens with zero attached hydrogens (tertiary/aromatic N) is 1. The maximum Gasteiger partial charge on any atom is 0.258 e. The SMILES string of the molecule is O=C(COc1ccc(Cl)cc1Cl)NCc1cc(-c2ccc3ccccc3c2)on1. The Morgan fingerprint density at radius 3 is 2.66 bits per heavy atom. The number of benzene rings is 3. The number of halogens is 2. The lowest BCUT2D eigenvalue weighted by Crippen LogP contribution is -2.28. The number of nitrogens with one attached hydrogen (secondary N) is 1. The van der Waals surface area contributed by atoms with Gasteiger partial charge in [-0.2, -0.15) is 0 Å². The molecule has 0 aliphatic carbocycles. The molecule has 1 heterocycles. The maximum atomic E-state index is 12.0. The highest BCUT2D eigenvalue weighted by molar-refractivity contribution is 6.35. The zero-order valence-corrected chi connectivity index (χ0v) is 16.7. The van der Waals surface area contributed by atoms with E-state index in [-0.39, 0.29) is 19.1 Å². The van der Waals surface area contributed by atoms with Gasteiger partial charge in [-0.25, -0.2) is 0 Å². The fraction of sp³-hybridized carbons (Fsp3) is 0.0909. The molecule has 3 aromatic carbocycles. The minimum atomic E-state index is -0.300. The van der Waals surface area contributed by atoms with E-state index >= 15 is 0 Å². The highest BCUT2D eigenvalue weighted by Gasteiger charge is 2.10. The van der Waals surface area contributed by atoms with Gasteiger partial charge in [-0.1, -0.05) is 64.8 Å². The van der Waals surface area contributed by atoms with Gasteiger partial charge in [0.15, 0.2) is 12.4 Å². The molecule has 0 atom stereocenters. The van der Waals surface area contributed by atoms with Gasteiger partial charge < -0.3 is 14.6 Å². The minimum absolute atomic E-state index is 0.170. The Balaban J connectivity index is 1.34. The molecule has 4 aromatic rings. The molecule has 0 spiro atoms. The first-order valence-electron chi connectivity index (χ1n) is 8.88. The smallest absolute Gasteiger partial charge is 0.258 e. The summed E-state index contributed by atoms with van der Waals surface area (Å²) in [7, 11) is 0. The summed E-state index contributed by atoms with van der Waals surface area (Å²) in [4.78, 5) is 12.0. The number of carbonyl (C=O) groups excluding carboxylic acids is 1. The van der Waals surface area contributed by atoms with Gasteiger partial charge in [0.05, 0.1) is 11.6 Å². The van der Waals surface area contributed by atoms with E-state index in [0.29, 0.717) is 27.2 Å². The average Bonchev–Trinajstić information content (AvgIpc) is 3.20. The molecule has 4 rings (SSSR count). The molecule has 0 radical (unpaired) electrons. The van der Waals surface area contributed by atoms with Crippen LogP contribution in [0.2, 0.25) is 10.0 Å². The van der Waals surface area contributed by atoms with Crippen LogP contribution in [0.5, 0.6) is 5.75 Å². The quantitative estimate of drug-likeness (QED) is 0.442. The van der Waals surface area contributed by atoms with Crippen molar-refractivity contribution in [1.29, 1.82) is 0 Å². The Labute approximate surface area is 177 Å². The van der Waals surface area contributed by atoms with Crippen molar-refractivity contribution in [3.8, 4) is 17.1 Å². The molecule has 0 unspecified atom stereocenters. The van der Waals surface area contributed by atoms with Crippen LogP contribution in [0.15, 0.2) is 71.3 Å². The van der Waals surface area contributed by atoms with Crippen LogP contribution in [0.1, 0.15) is 5.69 Å². The number of rotatable bonds is 6. The van der Waals surface area contributed by atoms with Gasteiger partial charge in [-0.15, -0.1) is 0 Å². The largest absolute Gasteiger partial charge is 0.482 e. The van der Waals surface area contributed by atoms with Crippen molar-refractivity contribution >= 4 is 39.9 Å². The van der Waals surface area contributed by atoms with Crippen LogP contribution in [-0.2, 0) is 11.3 Å². The van der Waals surface area contributed by atoms with Crippen LogP contribution in [0, 0.1) is 0 Å². The number of ether oxygens (including phenoxy) is 1. The van der Waals surface area contributed by atoms with E-state index in [1.165, 1.54) is 0 Å². The third kappa shape index (κ3) is 4.70. The summed E-state index contributed by atoms with van der Waals surface area (Å²) >= 11 is 11.9.